The molecule has 1 amide bonds. The van der Waals surface area contributed by atoms with Gasteiger partial charge in [0.1, 0.15) is 11.3 Å². The van der Waals surface area contributed by atoms with Gasteiger partial charge < -0.3 is 15.1 Å². The van der Waals surface area contributed by atoms with Crippen molar-refractivity contribution < 1.29 is 9.21 Å². The van der Waals surface area contributed by atoms with Gasteiger partial charge in [-0.2, -0.15) is 0 Å². The number of halogens is 1. The molecule has 2 aliphatic heterocycles. The third kappa shape index (κ3) is 2.36. The molecule has 2 N–H and O–H groups in total. The lowest BCUT2D eigenvalue weighted by molar-refractivity contribution is 0.0926. The fourth-order valence-electron chi connectivity index (χ4n) is 3.98. The Morgan fingerprint density at radius 1 is 1.21 bits per heavy atom. The van der Waals surface area contributed by atoms with Crippen molar-refractivity contribution in [1.82, 2.24) is 15.6 Å². The summed E-state index contributed by atoms with van der Waals surface area (Å²) in [5.74, 6) is -0.100. The maximum Gasteiger partial charge on any atom is 0.270 e. The molecule has 2 saturated heterocycles. The Morgan fingerprint density at radius 3 is 2.88 bits per heavy atom. The molecule has 2 aliphatic rings. The molecule has 3 aromatic rings. The van der Waals surface area contributed by atoms with E-state index in [2.05, 4.69) is 15.6 Å². The lowest BCUT2D eigenvalue weighted by Gasteiger charge is -2.21. The number of hydrogen-bond acceptors (Lipinski definition) is 4. The van der Waals surface area contributed by atoms with Crippen molar-refractivity contribution >= 4 is 40.3 Å². The molecule has 0 aliphatic carbocycles. The van der Waals surface area contributed by atoms with E-state index in [1.54, 1.807) is 6.20 Å². The van der Waals surface area contributed by atoms with Crippen LogP contribution in [0.15, 0.2) is 40.9 Å². The Hall–Kier alpha value is -2.11. The molecular weight excluding hydrogens is 326 g/mol. The van der Waals surface area contributed by atoms with Crippen molar-refractivity contribution in [3.05, 3.63) is 42.2 Å². The summed E-state index contributed by atoms with van der Waals surface area (Å²) in [5.41, 5.74) is 1.98. The minimum atomic E-state index is -0.100. The van der Waals surface area contributed by atoms with E-state index in [0.717, 1.165) is 29.2 Å². The molecule has 5 nitrogen and oxygen atoms in total. The van der Waals surface area contributed by atoms with Crippen molar-refractivity contribution in [2.24, 2.45) is 0 Å². The maximum absolute atomic E-state index is 12.5. The van der Waals surface area contributed by atoms with Crippen LogP contribution >= 0.6 is 12.4 Å². The molecule has 2 fully saturated rings. The summed E-state index contributed by atoms with van der Waals surface area (Å²) >= 11 is 0. The molecule has 6 heteroatoms. The molecule has 0 radical (unpaired) electrons. The Labute approximate surface area is 145 Å². The minimum absolute atomic E-state index is 0. The number of fused-ring (bicyclic) bond motifs is 5. The number of rotatable bonds is 2. The number of benzene rings is 1. The van der Waals surface area contributed by atoms with Gasteiger partial charge in [-0.1, -0.05) is 18.2 Å². The van der Waals surface area contributed by atoms with Crippen LogP contribution in [0.4, 0.5) is 0 Å². The van der Waals surface area contributed by atoms with E-state index < -0.39 is 0 Å². The van der Waals surface area contributed by atoms with Crippen LogP contribution in [0.2, 0.25) is 0 Å². The van der Waals surface area contributed by atoms with E-state index >= 15 is 0 Å². The van der Waals surface area contributed by atoms with Crippen LogP contribution < -0.4 is 10.6 Å². The van der Waals surface area contributed by atoms with Crippen molar-refractivity contribution in [3.63, 3.8) is 0 Å². The maximum atomic E-state index is 12.5. The molecule has 2 aromatic heterocycles. The minimum Gasteiger partial charge on any atom is -0.454 e. The van der Waals surface area contributed by atoms with Crippen LogP contribution in [0, 0.1) is 0 Å². The summed E-state index contributed by atoms with van der Waals surface area (Å²) in [6.45, 7) is 0. The quantitative estimate of drug-likeness (QED) is 0.750. The number of amides is 1. The fourth-order valence-corrected chi connectivity index (χ4v) is 3.98. The van der Waals surface area contributed by atoms with Gasteiger partial charge in [0.2, 0.25) is 0 Å². The van der Waals surface area contributed by atoms with Crippen LogP contribution in [0.1, 0.15) is 29.8 Å². The summed E-state index contributed by atoms with van der Waals surface area (Å²) in [7, 11) is 0. The fraction of sp³-hybridized carbons (Fsp3) is 0.333. The molecule has 0 spiro atoms. The monoisotopic (exact) mass is 343 g/mol. The van der Waals surface area contributed by atoms with Crippen LogP contribution in [-0.4, -0.2) is 29.0 Å². The average molecular weight is 344 g/mol. The van der Waals surface area contributed by atoms with Crippen molar-refractivity contribution in [1.29, 1.82) is 0 Å². The van der Waals surface area contributed by atoms with E-state index in [-0.39, 0.29) is 24.4 Å². The first kappa shape index (κ1) is 15.4. The highest BCUT2D eigenvalue weighted by Crippen LogP contribution is 2.30. The standard InChI is InChI=1S/C18H17N3O2.ClH/c22-18(21-14-7-10-5-6-13(14)20-10)15-8-12-11-3-1-2-4-16(11)23-17(12)9-19-15;/h1-4,8-10,13-14,20H,5-7H2,(H,21,22);1H/t10?,13?,14-;/m1./s1. The molecular formula is C18H18ClN3O2. The first-order valence-electron chi connectivity index (χ1n) is 8.12. The normalized spacial score (nSPS) is 25.1. The van der Waals surface area contributed by atoms with Gasteiger partial charge in [-0.3, -0.25) is 4.79 Å². The number of carbonyl (C=O) groups excluding carboxylic acids is 1. The molecule has 1 aromatic carbocycles. The van der Waals surface area contributed by atoms with E-state index in [1.807, 2.05) is 30.3 Å². The number of nitrogens with one attached hydrogen (secondary N) is 2. The Balaban J connectivity index is 0.00000146. The largest absolute Gasteiger partial charge is 0.454 e. The van der Waals surface area contributed by atoms with Crippen LogP contribution in [0.5, 0.6) is 0 Å². The lowest BCUT2D eigenvalue weighted by Crippen LogP contribution is -2.43. The summed E-state index contributed by atoms with van der Waals surface area (Å²) < 4.78 is 5.76. The van der Waals surface area contributed by atoms with Gasteiger partial charge in [-0.05, 0) is 31.4 Å². The second-order valence-electron chi connectivity index (χ2n) is 6.53. The number of pyridine rings is 1. The molecule has 5 rings (SSSR count). The molecule has 3 atom stereocenters. The predicted molar refractivity (Wildman–Crippen MR) is 94.6 cm³/mol. The number of aromatic nitrogens is 1. The zero-order chi connectivity index (χ0) is 15.4. The van der Waals surface area contributed by atoms with Gasteiger partial charge in [-0.25, -0.2) is 4.98 Å². The molecule has 0 saturated carbocycles. The van der Waals surface area contributed by atoms with Crippen molar-refractivity contribution in [2.45, 2.75) is 37.4 Å². The Bertz CT molecular complexity index is 923. The zero-order valence-electron chi connectivity index (χ0n) is 13.0. The number of furan rings is 1. The molecule has 2 bridgehead atoms. The van der Waals surface area contributed by atoms with Gasteiger partial charge in [0.05, 0.1) is 6.20 Å². The smallest absolute Gasteiger partial charge is 0.270 e. The number of nitrogens with zero attached hydrogens (tertiary/aromatic N) is 1. The Morgan fingerprint density at radius 2 is 2.08 bits per heavy atom. The topological polar surface area (TPSA) is 67.2 Å². The van der Waals surface area contributed by atoms with Crippen molar-refractivity contribution in [2.75, 3.05) is 0 Å². The first-order valence-corrected chi connectivity index (χ1v) is 8.12. The lowest BCUT2D eigenvalue weighted by atomic mass is 9.95. The first-order chi connectivity index (χ1) is 11.3. The van der Waals surface area contributed by atoms with Gasteiger partial charge >= 0.3 is 0 Å². The second kappa shape index (κ2) is 5.76. The molecule has 124 valence electrons. The average Bonchev–Trinajstić information content (AvgIpc) is 3.27. The van der Waals surface area contributed by atoms with Gasteiger partial charge in [0.25, 0.3) is 5.91 Å². The zero-order valence-corrected chi connectivity index (χ0v) is 13.8. The van der Waals surface area contributed by atoms with E-state index in [0.29, 0.717) is 23.4 Å². The van der Waals surface area contributed by atoms with E-state index in [1.165, 1.54) is 6.42 Å². The van der Waals surface area contributed by atoms with E-state index in [4.69, 9.17) is 4.42 Å². The molecule has 4 heterocycles. The second-order valence-corrected chi connectivity index (χ2v) is 6.53. The van der Waals surface area contributed by atoms with Gasteiger partial charge in [0.15, 0.2) is 5.58 Å². The van der Waals surface area contributed by atoms with Crippen LogP contribution in [0.25, 0.3) is 21.9 Å². The predicted octanol–water partition coefficient (Wildman–Crippen LogP) is 3.03. The Kier molecular flexibility index (Phi) is 3.70. The molecule has 24 heavy (non-hydrogen) atoms. The summed E-state index contributed by atoms with van der Waals surface area (Å²) in [5, 5.41) is 8.62. The highest BCUT2D eigenvalue weighted by atomic mass is 35.5. The SMILES string of the molecule is Cl.O=C(N[C@@H]1CC2CCC1N2)c1cc2c(cn1)oc1ccccc12. The number of hydrogen-bond donors (Lipinski definition) is 2. The molecule has 2 unspecified atom stereocenters. The number of carbonyl (C=O) groups is 1. The third-order valence-electron chi connectivity index (χ3n) is 5.11. The summed E-state index contributed by atoms with van der Waals surface area (Å²) in [6.07, 6.45) is 5.04. The van der Waals surface area contributed by atoms with Gasteiger partial charge in [-0.15, -0.1) is 12.4 Å². The third-order valence-corrected chi connectivity index (χ3v) is 5.11. The summed E-state index contributed by atoms with van der Waals surface area (Å²) in [4.78, 5) is 16.8. The van der Waals surface area contributed by atoms with Gasteiger partial charge in [0, 0.05) is 28.9 Å². The van der Waals surface area contributed by atoms with E-state index in [9.17, 15) is 4.79 Å². The summed E-state index contributed by atoms with van der Waals surface area (Å²) in [6, 6.07) is 10.9. The van der Waals surface area contributed by atoms with Crippen LogP contribution in [-0.2, 0) is 0 Å². The highest BCUT2D eigenvalue weighted by Gasteiger charge is 2.39. The van der Waals surface area contributed by atoms with Crippen molar-refractivity contribution in [3.8, 4) is 0 Å². The van der Waals surface area contributed by atoms with Crippen LogP contribution in [0.3, 0.4) is 0 Å². The number of para-hydroxylation sites is 1. The highest BCUT2D eigenvalue weighted by molar-refractivity contribution is 6.07.